The first kappa shape index (κ1) is 12.4. The summed E-state index contributed by atoms with van der Waals surface area (Å²) in [5, 5.41) is 8.03. The number of amides is 2. The molecule has 0 aliphatic rings. The Morgan fingerprint density at radius 2 is 2.19 bits per heavy atom. The first-order valence-electron chi connectivity index (χ1n) is 4.77. The Hall–Kier alpha value is -1.69. The lowest BCUT2D eigenvalue weighted by molar-refractivity contribution is -0.139. The Balaban J connectivity index is 2.38. The van der Waals surface area contributed by atoms with Crippen LogP contribution in [-0.2, 0) is 9.59 Å². The number of carbonyl (C=O) groups excluding carboxylic acids is 2. The number of carbonyl (C=O) groups is 2. The van der Waals surface area contributed by atoms with Gasteiger partial charge in [-0.1, -0.05) is 6.07 Å². The Labute approximate surface area is 97.5 Å². The SMILES string of the molecule is CC(C)NC(=O)C(=O)N/N=C/c1cccs1. The molecule has 1 aromatic rings. The van der Waals surface area contributed by atoms with E-state index in [1.165, 1.54) is 17.6 Å². The van der Waals surface area contributed by atoms with Crippen molar-refractivity contribution in [3.8, 4) is 0 Å². The quantitative estimate of drug-likeness (QED) is 0.463. The van der Waals surface area contributed by atoms with Crippen molar-refractivity contribution >= 4 is 29.4 Å². The second kappa shape index (κ2) is 6.02. The zero-order valence-electron chi connectivity index (χ0n) is 9.06. The van der Waals surface area contributed by atoms with Gasteiger partial charge in [-0.15, -0.1) is 11.3 Å². The van der Waals surface area contributed by atoms with Crippen LogP contribution in [0.1, 0.15) is 18.7 Å². The number of hydrogen-bond acceptors (Lipinski definition) is 4. The van der Waals surface area contributed by atoms with E-state index in [9.17, 15) is 9.59 Å². The van der Waals surface area contributed by atoms with Gasteiger partial charge < -0.3 is 5.32 Å². The summed E-state index contributed by atoms with van der Waals surface area (Å²) in [6, 6.07) is 3.66. The topological polar surface area (TPSA) is 70.6 Å². The third-order valence-electron chi connectivity index (χ3n) is 1.53. The lowest BCUT2D eigenvalue weighted by Crippen LogP contribution is -2.41. The standard InChI is InChI=1S/C10H13N3O2S/c1-7(2)12-9(14)10(15)13-11-6-8-4-3-5-16-8/h3-7H,1-2H3,(H,12,14)(H,13,15)/b11-6+. The fraction of sp³-hybridized carbons (Fsp3) is 0.300. The van der Waals surface area contributed by atoms with E-state index in [-0.39, 0.29) is 6.04 Å². The summed E-state index contributed by atoms with van der Waals surface area (Å²) in [5.41, 5.74) is 2.15. The van der Waals surface area contributed by atoms with Crippen LogP contribution < -0.4 is 10.7 Å². The van der Waals surface area contributed by atoms with Gasteiger partial charge in [0.25, 0.3) is 0 Å². The van der Waals surface area contributed by atoms with E-state index in [4.69, 9.17) is 0 Å². The Bertz CT molecular complexity index is 385. The van der Waals surface area contributed by atoms with E-state index in [2.05, 4.69) is 15.8 Å². The molecule has 1 heterocycles. The van der Waals surface area contributed by atoms with Crippen LogP contribution in [0.3, 0.4) is 0 Å². The van der Waals surface area contributed by atoms with Crippen molar-refractivity contribution in [1.29, 1.82) is 0 Å². The average molecular weight is 239 g/mol. The van der Waals surface area contributed by atoms with Crippen LogP contribution in [0, 0.1) is 0 Å². The van der Waals surface area contributed by atoms with Crippen molar-refractivity contribution in [2.24, 2.45) is 5.10 Å². The molecule has 0 spiro atoms. The summed E-state index contributed by atoms with van der Waals surface area (Å²) in [5.74, 6) is -1.44. The van der Waals surface area contributed by atoms with Crippen LogP contribution in [-0.4, -0.2) is 24.1 Å². The third kappa shape index (κ3) is 4.22. The van der Waals surface area contributed by atoms with Gasteiger partial charge in [-0.2, -0.15) is 5.10 Å². The van der Waals surface area contributed by atoms with E-state index in [1.54, 1.807) is 13.8 Å². The van der Waals surface area contributed by atoms with Crippen molar-refractivity contribution in [3.05, 3.63) is 22.4 Å². The summed E-state index contributed by atoms with van der Waals surface area (Å²) in [6.07, 6.45) is 1.49. The van der Waals surface area contributed by atoms with Crippen molar-refractivity contribution in [2.75, 3.05) is 0 Å². The minimum atomic E-state index is -0.762. The number of nitrogens with one attached hydrogen (secondary N) is 2. The molecule has 1 aromatic heterocycles. The van der Waals surface area contributed by atoms with Gasteiger partial charge in [0, 0.05) is 10.9 Å². The molecule has 0 atom stereocenters. The number of hydrazone groups is 1. The summed E-state index contributed by atoms with van der Waals surface area (Å²) < 4.78 is 0. The summed E-state index contributed by atoms with van der Waals surface area (Å²) in [6.45, 7) is 3.56. The fourth-order valence-electron chi connectivity index (χ4n) is 0.898. The van der Waals surface area contributed by atoms with Crippen LogP contribution >= 0.6 is 11.3 Å². The number of hydrogen-bond donors (Lipinski definition) is 2. The second-order valence-corrected chi connectivity index (χ2v) is 4.32. The van der Waals surface area contributed by atoms with Gasteiger partial charge >= 0.3 is 11.8 Å². The maximum Gasteiger partial charge on any atom is 0.329 e. The zero-order valence-corrected chi connectivity index (χ0v) is 9.88. The Morgan fingerprint density at radius 1 is 1.44 bits per heavy atom. The van der Waals surface area contributed by atoms with Crippen molar-refractivity contribution < 1.29 is 9.59 Å². The first-order valence-corrected chi connectivity index (χ1v) is 5.65. The molecule has 86 valence electrons. The first-order chi connectivity index (χ1) is 7.59. The number of rotatable bonds is 3. The van der Waals surface area contributed by atoms with Gasteiger partial charge in [0.1, 0.15) is 0 Å². The highest BCUT2D eigenvalue weighted by Gasteiger charge is 2.12. The molecule has 0 radical (unpaired) electrons. The number of thiophene rings is 1. The van der Waals surface area contributed by atoms with Crippen LogP contribution in [0.2, 0.25) is 0 Å². The molecule has 6 heteroatoms. The van der Waals surface area contributed by atoms with E-state index in [0.717, 1.165) is 4.88 Å². The highest BCUT2D eigenvalue weighted by molar-refractivity contribution is 7.11. The minimum absolute atomic E-state index is 0.0699. The van der Waals surface area contributed by atoms with E-state index >= 15 is 0 Å². The highest BCUT2D eigenvalue weighted by Crippen LogP contribution is 2.03. The van der Waals surface area contributed by atoms with Crippen molar-refractivity contribution in [3.63, 3.8) is 0 Å². The fourth-order valence-corrected chi connectivity index (χ4v) is 1.48. The van der Waals surface area contributed by atoms with Crippen molar-refractivity contribution in [2.45, 2.75) is 19.9 Å². The van der Waals surface area contributed by atoms with Gasteiger partial charge in [0.05, 0.1) is 6.21 Å². The Kier molecular flexibility index (Phi) is 4.65. The second-order valence-electron chi connectivity index (χ2n) is 3.34. The lowest BCUT2D eigenvalue weighted by atomic mass is 10.4. The molecule has 0 bridgehead atoms. The van der Waals surface area contributed by atoms with Crippen LogP contribution in [0.5, 0.6) is 0 Å². The molecule has 2 amide bonds. The molecule has 0 saturated heterocycles. The lowest BCUT2D eigenvalue weighted by Gasteiger charge is -2.05. The van der Waals surface area contributed by atoms with Crippen LogP contribution in [0.4, 0.5) is 0 Å². The molecular formula is C10H13N3O2S. The molecular weight excluding hydrogens is 226 g/mol. The normalized spacial score (nSPS) is 10.7. The maximum absolute atomic E-state index is 11.2. The molecule has 0 unspecified atom stereocenters. The van der Waals surface area contributed by atoms with Crippen LogP contribution in [0.15, 0.2) is 22.6 Å². The average Bonchev–Trinajstić information content (AvgIpc) is 2.69. The van der Waals surface area contributed by atoms with E-state index < -0.39 is 11.8 Å². The molecule has 2 N–H and O–H groups in total. The van der Waals surface area contributed by atoms with Gasteiger partial charge in [0.15, 0.2) is 0 Å². The van der Waals surface area contributed by atoms with Crippen LogP contribution in [0.25, 0.3) is 0 Å². The molecule has 0 aliphatic carbocycles. The highest BCUT2D eigenvalue weighted by atomic mass is 32.1. The van der Waals surface area contributed by atoms with Crippen molar-refractivity contribution in [1.82, 2.24) is 10.7 Å². The van der Waals surface area contributed by atoms with Gasteiger partial charge in [-0.25, -0.2) is 5.43 Å². The molecule has 16 heavy (non-hydrogen) atoms. The largest absolute Gasteiger partial charge is 0.346 e. The zero-order chi connectivity index (χ0) is 12.0. The summed E-state index contributed by atoms with van der Waals surface area (Å²) in [4.78, 5) is 23.2. The van der Waals surface area contributed by atoms with E-state index in [0.29, 0.717) is 0 Å². The summed E-state index contributed by atoms with van der Waals surface area (Å²) >= 11 is 1.49. The third-order valence-corrected chi connectivity index (χ3v) is 2.33. The predicted molar refractivity (Wildman–Crippen MR) is 63.3 cm³/mol. The Morgan fingerprint density at radius 3 is 2.75 bits per heavy atom. The molecule has 1 rings (SSSR count). The smallest absolute Gasteiger partial charge is 0.329 e. The number of nitrogens with zero attached hydrogens (tertiary/aromatic N) is 1. The monoisotopic (exact) mass is 239 g/mol. The minimum Gasteiger partial charge on any atom is -0.346 e. The van der Waals surface area contributed by atoms with Gasteiger partial charge in [0.2, 0.25) is 0 Å². The van der Waals surface area contributed by atoms with Gasteiger partial charge in [-0.05, 0) is 25.3 Å². The summed E-state index contributed by atoms with van der Waals surface area (Å²) in [7, 11) is 0. The molecule has 0 fully saturated rings. The predicted octanol–water partition coefficient (Wildman–Crippen LogP) is 0.723. The van der Waals surface area contributed by atoms with Gasteiger partial charge in [-0.3, -0.25) is 9.59 Å². The molecule has 0 aromatic carbocycles. The molecule has 0 saturated carbocycles. The molecule has 0 aliphatic heterocycles. The maximum atomic E-state index is 11.2. The molecule has 5 nitrogen and oxygen atoms in total. The van der Waals surface area contributed by atoms with E-state index in [1.807, 2.05) is 17.5 Å².